The van der Waals surface area contributed by atoms with Crippen LogP contribution in [-0.2, 0) is 0 Å². The lowest BCUT2D eigenvalue weighted by atomic mass is 9.89. The molecule has 6 nitrogen and oxygen atoms in total. The van der Waals surface area contributed by atoms with Gasteiger partial charge in [-0.1, -0.05) is 6.07 Å². The van der Waals surface area contributed by atoms with Crippen LogP contribution in [0.2, 0.25) is 0 Å². The molecule has 0 bridgehead atoms. The number of hydrogen-bond donors (Lipinski definition) is 2. The number of hydrogen-bond acceptors (Lipinski definition) is 6. The maximum atomic E-state index is 10.3. The summed E-state index contributed by atoms with van der Waals surface area (Å²) in [4.78, 5) is 0. The minimum Gasteiger partial charge on any atom is -0.502 e. The second kappa shape index (κ2) is 4.87. The average molecular weight is 316 g/mol. The Hall–Kier alpha value is -2.76. The summed E-state index contributed by atoms with van der Waals surface area (Å²) in [6, 6.07) is 7.06. The van der Waals surface area contributed by atoms with Crippen LogP contribution in [0.25, 0.3) is 0 Å². The molecule has 0 spiro atoms. The monoisotopic (exact) mass is 316 g/mol. The van der Waals surface area contributed by atoms with E-state index in [1.54, 1.807) is 12.1 Å². The molecule has 2 aromatic rings. The van der Waals surface area contributed by atoms with Crippen LogP contribution in [0.15, 0.2) is 24.3 Å². The van der Waals surface area contributed by atoms with Gasteiger partial charge in [-0.2, -0.15) is 0 Å². The Morgan fingerprint density at radius 3 is 2.17 bits per heavy atom. The van der Waals surface area contributed by atoms with Gasteiger partial charge in [-0.25, -0.2) is 0 Å². The Morgan fingerprint density at radius 1 is 0.913 bits per heavy atom. The zero-order valence-corrected chi connectivity index (χ0v) is 12.7. The number of aromatic hydroxyl groups is 2. The lowest BCUT2D eigenvalue weighted by Gasteiger charge is -2.28. The molecule has 0 unspecified atom stereocenters. The van der Waals surface area contributed by atoms with E-state index in [4.69, 9.17) is 18.9 Å². The fourth-order valence-corrected chi connectivity index (χ4v) is 3.26. The predicted molar refractivity (Wildman–Crippen MR) is 80.9 cm³/mol. The molecule has 0 amide bonds. The van der Waals surface area contributed by atoms with E-state index < -0.39 is 0 Å². The molecular formula is C17H16O6. The van der Waals surface area contributed by atoms with Gasteiger partial charge in [0.15, 0.2) is 23.0 Å². The quantitative estimate of drug-likeness (QED) is 0.887. The van der Waals surface area contributed by atoms with Gasteiger partial charge in [0.2, 0.25) is 11.5 Å². The molecule has 0 saturated heterocycles. The minimum absolute atomic E-state index is 0.0151. The van der Waals surface area contributed by atoms with Crippen molar-refractivity contribution in [2.45, 2.75) is 12.0 Å². The summed E-state index contributed by atoms with van der Waals surface area (Å²) >= 11 is 0. The number of rotatable bonds is 2. The summed E-state index contributed by atoms with van der Waals surface area (Å²) in [6.07, 6.45) is -0.330. The SMILES string of the molecule is COc1ccc2c(c1O)OC[C@H]1c3ccc(OC)c(O)c3O[C@H]21. The molecule has 0 aliphatic carbocycles. The Labute approximate surface area is 132 Å². The summed E-state index contributed by atoms with van der Waals surface area (Å²) in [5.74, 6) is 1.38. The number of phenols is 2. The van der Waals surface area contributed by atoms with E-state index in [1.165, 1.54) is 14.2 Å². The van der Waals surface area contributed by atoms with E-state index in [0.717, 1.165) is 11.1 Å². The van der Waals surface area contributed by atoms with Gasteiger partial charge in [-0.15, -0.1) is 0 Å². The van der Waals surface area contributed by atoms with Gasteiger partial charge in [0.1, 0.15) is 6.10 Å². The summed E-state index contributed by atoms with van der Waals surface area (Å²) in [6.45, 7) is 0.344. The smallest absolute Gasteiger partial charge is 0.201 e. The van der Waals surface area contributed by atoms with Gasteiger partial charge in [0.05, 0.1) is 26.7 Å². The van der Waals surface area contributed by atoms with E-state index in [-0.39, 0.29) is 23.5 Å². The van der Waals surface area contributed by atoms with Crippen molar-refractivity contribution in [2.75, 3.05) is 20.8 Å². The first kappa shape index (κ1) is 13.9. The molecule has 6 heteroatoms. The van der Waals surface area contributed by atoms with Crippen molar-refractivity contribution in [1.82, 2.24) is 0 Å². The number of phenolic OH excluding ortho intramolecular Hbond substituents is 2. The van der Waals surface area contributed by atoms with Gasteiger partial charge >= 0.3 is 0 Å². The molecule has 0 saturated carbocycles. The molecule has 2 atom stereocenters. The van der Waals surface area contributed by atoms with Gasteiger partial charge in [-0.05, 0) is 18.2 Å². The second-order valence-corrected chi connectivity index (χ2v) is 5.53. The number of benzene rings is 2. The number of ether oxygens (including phenoxy) is 4. The summed E-state index contributed by atoms with van der Waals surface area (Å²) in [7, 11) is 2.98. The molecule has 2 heterocycles. The third kappa shape index (κ3) is 1.81. The Bertz CT molecular complexity index is 785. The first-order chi connectivity index (χ1) is 11.2. The fraction of sp³-hybridized carbons (Fsp3) is 0.294. The van der Waals surface area contributed by atoms with Crippen molar-refractivity contribution in [1.29, 1.82) is 0 Å². The normalized spacial score (nSPS) is 20.6. The van der Waals surface area contributed by atoms with Crippen LogP contribution in [-0.4, -0.2) is 31.0 Å². The molecule has 0 fully saturated rings. The first-order valence-corrected chi connectivity index (χ1v) is 7.24. The largest absolute Gasteiger partial charge is 0.502 e. The van der Waals surface area contributed by atoms with Crippen LogP contribution in [0.4, 0.5) is 0 Å². The van der Waals surface area contributed by atoms with Gasteiger partial charge in [0.25, 0.3) is 0 Å². The van der Waals surface area contributed by atoms with E-state index in [0.29, 0.717) is 29.6 Å². The van der Waals surface area contributed by atoms with Gasteiger partial charge in [-0.3, -0.25) is 0 Å². The highest BCUT2D eigenvalue weighted by Crippen LogP contribution is 2.57. The molecule has 23 heavy (non-hydrogen) atoms. The van der Waals surface area contributed by atoms with Crippen molar-refractivity contribution in [2.24, 2.45) is 0 Å². The highest BCUT2D eigenvalue weighted by atomic mass is 16.5. The molecule has 2 aromatic carbocycles. The van der Waals surface area contributed by atoms with Crippen LogP contribution < -0.4 is 18.9 Å². The third-order valence-corrected chi connectivity index (χ3v) is 4.41. The maximum Gasteiger partial charge on any atom is 0.201 e. The standard InChI is InChI=1S/C17H16O6/c1-20-11-6-4-9-15-10(7-22-16(9)13(11)18)8-3-5-12(21-2)14(19)17(8)23-15/h3-6,10,15,18-19H,7H2,1-2H3/t10-,15+/m0/s1. The molecule has 0 radical (unpaired) electrons. The number of methoxy groups -OCH3 is 2. The van der Waals surface area contributed by atoms with Crippen LogP contribution in [0.1, 0.15) is 23.1 Å². The highest BCUT2D eigenvalue weighted by Gasteiger charge is 2.43. The second-order valence-electron chi connectivity index (χ2n) is 5.53. The topological polar surface area (TPSA) is 77.4 Å². The van der Waals surface area contributed by atoms with Crippen molar-refractivity contribution in [3.63, 3.8) is 0 Å². The molecule has 2 aliphatic heterocycles. The van der Waals surface area contributed by atoms with E-state index in [2.05, 4.69) is 0 Å². The molecule has 2 aliphatic rings. The van der Waals surface area contributed by atoms with Crippen LogP contribution in [0.3, 0.4) is 0 Å². The predicted octanol–water partition coefficient (Wildman–Crippen LogP) is 2.72. The van der Waals surface area contributed by atoms with Crippen LogP contribution in [0, 0.1) is 0 Å². The highest BCUT2D eigenvalue weighted by molar-refractivity contribution is 5.62. The average Bonchev–Trinajstić information content (AvgIpc) is 2.95. The Kier molecular flexibility index (Phi) is 2.94. The fourth-order valence-electron chi connectivity index (χ4n) is 3.26. The zero-order chi connectivity index (χ0) is 16.1. The van der Waals surface area contributed by atoms with E-state index in [1.807, 2.05) is 12.1 Å². The van der Waals surface area contributed by atoms with Gasteiger partial charge < -0.3 is 29.2 Å². The molecule has 4 rings (SSSR count). The van der Waals surface area contributed by atoms with Gasteiger partial charge in [0, 0.05) is 11.1 Å². The lowest BCUT2D eigenvalue weighted by molar-refractivity contribution is 0.133. The molecule has 2 N–H and O–H groups in total. The number of fused-ring (bicyclic) bond motifs is 5. The van der Waals surface area contributed by atoms with Crippen molar-refractivity contribution >= 4 is 0 Å². The van der Waals surface area contributed by atoms with Crippen molar-refractivity contribution in [3.05, 3.63) is 35.4 Å². The minimum atomic E-state index is -0.330. The zero-order valence-electron chi connectivity index (χ0n) is 12.7. The summed E-state index contributed by atoms with van der Waals surface area (Å²) < 4.78 is 21.9. The molecule has 0 aromatic heterocycles. The summed E-state index contributed by atoms with van der Waals surface area (Å²) in [5, 5.41) is 20.5. The van der Waals surface area contributed by atoms with Crippen LogP contribution >= 0.6 is 0 Å². The third-order valence-electron chi connectivity index (χ3n) is 4.41. The Balaban J connectivity index is 1.81. The maximum absolute atomic E-state index is 10.3. The van der Waals surface area contributed by atoms with Crippen LogP contribution in [0.5, 0.6) is 34.5 Å². The van der Waals surface area contributed by atoms with Crippen molar-refractivity contribution < 1.29 is 29.2 Å². The summed E-state index contributed by atoms with van der Waals surface area (Å²) in [5.41, 5.74) is 1.60. The van der Waals surface area contributed by atoms with Crippen molar-refractivity contribution in [3.8, 4) is 34.5 Å². The Morgan fingerprint density at radius 2 is 1.52 bits per heavy atom. The van der Waals surface area contributed by atoms with E-state index in [9.17, 15) is 10.2 Å². The molecule has 120 valence electrons. The first-order valence-electron chi connectivity index (χ1n) is 7.24. The molecular weight excluding hydrogens is 300 g/mol. The van der Waals surface area contributed by atoms with E-state index >= 15 is 0 Å². The lowest BCUT2D eigenvalue weighted by Crippen LogP contribution is -2.23.